The normalized spacial score (nSPS) is 13.8. The number of hydrogen-bond acceptors (Lipinski definition) is 1. The van der Waals surface area contributed by atoms with E-state index in [4.69, 9.17) is 5.11 Å². The molecule has 0 aromatic heterocycles. The molecule has 1 atom stereocenters. The molecule has 2 heteroatoms. The summed E-state index contributed by atoms with van der Waals surface area (Å²) in [6.45, 7) is 8.22. The second-order valence-electron chi connectivity index (χ2n) is 4.83. The van der Waals surface area contributed by atoms with Crippen LogP contribution in [0.2, 0.25) is 0 Å². The van der Waals surface area contributed by atoms with Crippen molar-refractivity contribution in [2.24, 2.45) is 5.92 Å². The lowest BCUT2D eigenvalue weighted by atomic mass is 10.0. The van der Waals surface area contributed by atoms with Gasteiger partial charge in [0.05, 0.1) is 0 Å². The maximum atomic E-state index is 10.4. The first-order chi connectivity index (χ1) is 7.91. The van der Waals surface area contributed by atoms with E-state index >= 15 is 0 Å². The van der Waals surface area contributed by atoms with Gasteiger partial charge in [0, 0.05) is 6.08 Å². The number of allylic oxidation sites excluding steroid dienone is 5. The number of aliphatic carboxylic acids is 1. The van der Waals surface area contributed by atoms with E-state index in [9.17, 15) is 4.79 Å². The summed E-state index contributed by atoms with van der Waals surface area (Å²) in [6, 6.07) is 0. The Bertz CT molecular complexity index is 318. The van der Waals surface area contributed by atoms with Gasteiger partial charge in [0.15, 0.2) is 0 Å². The lowest BCUT2D eigenvalue weighted by Gasteiger charge is -2.05. The SMILES string of the molecule is CC(C)=CC=CC(C)CCCC(C)=CC(=O)O. The Balaban J connectivity index is 3.86. The van der Waals surface area contributed by atoms with Gasteiger partial charge in [-0.05, 0) is 46.0 Å². The van der Waals surface area contributed by atoms with Gasteiger partial charge in [-0.15, -0.1) is 0 Å². The highest BCUT2D eigenvalue weighted by molar-refractivity contribution is 5.80. The fourth-order valence-corrected chi connectivity index (χ4v) is 1.52. The Morgan fingerprint density at radius 2 is 1.94 bits per heavy atom. The largest absolute Gasteiger partial charge is 0.478 e. The van der Waals surface area contributed by atoms with E-state index in [1.165, 1.54) is 11.6 Å². The van der Waals surface area contributed by atoms with Crippen LogP contribution in [0.4, 0.5) is 0 Å². The number of hydrogen-bond donors (Lipinski definition) is 1. The molecule has 17 heavy (non-hydrogen) atoms. The van der Waals surface area contributed by atoms with Crippen molar-refractivity contribution in [3.05, 3.63) is 35.5 Å². The molecule has 0 amide bonds. The van der Waals surface area contributed by atoms with Crippen LogP contribution < -0.4 is 0 Å². The van der Waals surface area contributed by atoms with Crippen molar-refractivity contribution in [2.75, 3.05) is 0 Å². The average molecular weight is 236 g/mol. The van der Waals surface area contributed by atoms with Gasteiger partial charge in [-0.1, -0.05) is 36.3 Å². The molecule has 0 heterocycles. The first-order valence-corrected chi connectivity index (χ1v) is 6.13. The molecular weight excluding hydrogens is 212 g/mol. The molecule has 0 aromatic carbocycles. The van der Waals surface area contributed by atoms with E-state index in [1.54, 1.807) is 0 Å². The molecule has 0 saturated carbocycles. The van der Waals surface area contributed by atoms with Crippen molar-refractivity contribution < 1.29 is 9.90 Å². The quantitative estimate of drug-likeness (QED) is 0.527. The molecule has 0 rings (SSSR count). The van der Waals surface area contributed by atoms with E-state index in [1.807, 2.05) is 6.92 Å². The highest BCUT2D eigenvalue weighted by Crippen LogP contribution is 2.13. The lowest BCUT2D eigenvalue weighted by molar-refractivity contribution is -0.131. The topological polar surface area (TPSA) is 37.3 Å². The van der Waals surface area contributed by atoms with E-state index in [-0.39, 0.29) is 0 Å². The molecule has 2 nitrogen and oxygen atoms in total. The third kappa shape index (κ3) is 11.0. The first kappa shape index (κ1) is 15.7. The number of carbonyl (C=O) groups is 1. The second kappa shape index (κ2) is 8.80. The monoisotopic (exact) mass is 236 g/mol. The Labute approximate surface area is 105 Å². The first-order valence-electron chi connectivity index (χ1n) is 6.13. The van der Waals surface area contributed by atoms with Crippen molar-refractivity contribution in [1.29, 1.82) is 0 Å². The molecule has 1 N–H and O–H groups in total. The van der Waals surface area contributed by atoms with Crippen LogP contribution in [0.25, 0.3) is 0 Å². The molecule has 0 aromatic rings. The summed E-state index contributed by atoms with van der Waals surface area (Å²) in [7, 11) is 0. The molecule has 96 valence electrons. The lowest BCUT2D eigenvalue weighted by Crippen LogP contribution is -1.93. The number of carboxylic acid groups (broad SMARTS) is 1. The van der Waals surface area contributed by atoms with Crippen LogP contribution in [0.1, 0.15) is 47.0 Å². The van der Waals surface area contributed by atoms with Crippen LogP contribution in [-0.4, -0.2) is 11.1 Å². The summed E-state index contributed by atoms with van der Waals surface area (Å²) in [6.07, 6.45) is 10.7. The predicted octanol–water partition coefficient (Wildman–Crippen LogP) is 4.35. The zero-order valence-corrected chi connectivity index (χ0v) is 11.4. The van der Waals surface area contributed by atoms with Gasteiger partial charge in [0.25, 0.3) is 0 Å². The van der Waals surface area contributed by atoms with Gasteiger partial charge < -0.3 is 5.11 Å². The average Bonchev–Trinajstić information content (AvgIpc) is 2.15. The van der Waals surface area contributed by atoms with Crippen LogP contribution in [0.5, 0.6) is 0 Å². The minimum absolute atomic E-state index is 0.545. The molecule has 0 aliphatic heterocycles. The molecule has 0 aliphatic rings. The van der Waals surface area contributed by atoms with Gasteiger partial charge in [0.1, 0.15) is 0 Å². The standard InChI is InChI=1S/C15H24O2/c1-12(2)7-5-8-13(3)9-6-10-14(4)11-15(16)17/h5,7-8,11,13H,6,9-10H2,1-4H3,(H,16,17). The molecule has 0 bridgehead atoms. The van der Waals surface area contributed by atoms with Crippen LogP contribution in [-0.2, 0) is 4.79 Å². The summed E-state index contributed by atoms with van der Waals surface area (Å²) in [5.41, 5.74) is 2.24. The zero-order chi connectivity index (χ0) is 13.3. The molecule has 0 saturated heterocycles. The molecule has 0 aliphatic carbocycles. The predicted molar refractivity (Wildman–Crippen MR) is 73.0 cm³/mol. The van der Waals surface area contributed by atoms with Crippen molar-refractivity contribution in [3.8, 4) is 0 Å². The van der Waals surface area contributed by atoms with Crippen LogP contribution in [0.15, 0.2) is 35.5 Å². The number of rotatable bonds is 7. The van der Waals surface area contributed by atoms with Gasteiger partial charge in [-0.2, -0.15) is 0 Å². The highest BCUT2D eigenvalue weighted by atomic mass is 16.4. The van der Waals surface area contributed by atoms with Gasteiger partial charge in [-0.25, -0.2) is 4.79 Å². The zero-order valence-electron chi connectivity index (χ0n) is 11.4. The third-order valence-electron chi connectivity index (χ3n) is 2.47. The highest BCUT2D eigenvalue weighted by Gasteiger charge is 1.99. The number of carboxylic acids is 1. The summed E-state index contributed by atoms with van der Waals surface area (Å²) >= 11 is 0. The van der Waals surface area contributed by atoms with Crippen molar-refractivity contribution in [3.63, 3.8) is 0 Å². The van der Waals surface area contributed by atoms with E-state index in [0.717, 1.165) is 24.8 Å². The Morgan fingerprint density at radius 1 is 1.29 bits per heavy atom. The minimum Gasteiger partial charge on any atom is -0.478 e. The Kier molecular flexibility index (Phi) is 8.12. The Hall–Kier alpha value is -1.31. The Morgan fingerprint density at radius 3 is 2.47 bits per heavy atom. The molecule has 0 fully saturated rings. The van der Waals surface area contributed by atoms with E-state index in [0.29, 0.717) is 5.92 Å². The maximum Gasteiger partial charge on any atom is 0.328 e. The summed E-state index contributed by atoms with van der Waals surface area (Å²) < 4.78 is 0. The van der Waals surface area contributed by atoms with Crippen molar-refractivity contribution >= 4 is 5.97 Å². The van der Waals surface area contributed by atoms with E-state index in [2.05, 4.69) is 39.0 Å². The molecule has 1 unspecified atom stereocenters. The second-order valence-corrected chi connectivity index (χ2v) is 4.83. The smallest absolute Gasteiger partial charge is 0.328 e. The van der Waals surface area contributed by atoms with Crippen LogP contribution in [0.3, 0.4) is 0 Å². The molecule has 0 spiro atoms. The summed E-state index contributed by atoms with van der Waals surface area (Å²) in [4.78, 5) is 10.4. The third-order valence-corrected chi connectivity index (χ3v) is 2.47. The fraction of sp³-hybridized carbons (Fsp3) is 0.533. The van der Waals surface area contributed by atoms with E-state index < -0.39 is 5.97 Å². The summed E-state index contributed by atoms with van der Waals surface area (Å²) in [5.74, 6) is -0.303. The fourth-order valence-electron chi connectivity index (χ4n) is 1.52. The van der Waals surface area contributed by atoms with Crippen LogP contribution >= 0.6 is 0 Å². The minimum atomic E-state index is -0.848. The molecule has 0 radical (unpaired) electrons. The van der Waals surface area contributed by atoms with Crippen LogP contribution in [0, 0.1) is 5.92 Å². The van der Waals surface area contributed by atoms with Gasteiger partial charge in [0.2, 0.25) is 0 Å². The van der Waals surface area contributed by atoms with Gasteiger partial charge in [-0.3, -0.25) is 0 Å². The van der Waals surface area contributed by atoms with Crippen molar-refractivity contribution in [2.45, 2.75) is 47.0 Å². The molecular formula is C15H24O2. The maximum absolute atomic E-state index is 10.4. The summed E-state index contributed by atoms with van der Waals surface area (Å²) in [5, 5.41) is 8.57. The van der Waals surface area contributed by atoms with Gasteiger partial charge >= 0.3 is 5.97 Å². The van der Waals surface area contributed by atoms with Crippen molar-refractivity contribution in [1.82, 2.24) is 0 Å².